The second-order valence-electron chi connectivity index (χ2n) is 7.02. The molecule has 1 aliphatic heterocycles. The third-order valence-electron chi connectivity index (χ3n) is 4.85. The summed E-state index contributed by atoms with van der Waals surface area (Å²) in [6.07, 6.45) is 3.07. The normalized spacial score (nSPS) is 13.3. The highest BCUT2D eigenvalue weighted by Gasteiger charge is 2.16. The van der Waals surface area contributed by atoms with E-state index in [0.717, 1.165) is 34.7 Å². The van der Waals surface area contributed by atoms with Crippen LogP contribution in [0.25, 0.3) is 11.3 Å². The highest BCUT2D eigenvalue weighted by atomic mass is 19.1. The first-order valence-corrected chi connectivity index (χ1v) is 9.68. The summed E-state index contributed by atoms with van der Waals surface area (Å²) in [7, 11) is 1.87. The molecule has 0 spiro atoms. The van der Waals surface area contributed by atoms with Crippen LogP contribution in [0, 0.1) is 11.6 Å². The zero-order valence-corrected chi connectivity index (χ0v) is 16.3. The minimum absolute atomic E-state index is 0.106. The van der Waals surface area contributed by atoms with Gasteiger partial charge in [-0.25, -0.2) is 8.78 Å². The lowest BCUT2D eigenvalue weighted by Gasteiger charge is -2.10. The fourth-order valence-electron chi connectivity index (χ4n) is 3.43. The second kappa shape index (κ2) is 8.61. The molecule has 4 rings (SSSR count). The van der Waals surface area contributed by atoms with Crippen LogP contribution in [0.3, 0.4) is 0 Å². The van der Waals surface area contributed by atoms with Gasteiger partial charge in [0.25, 0.3) is 0 Å². The van der Waals surface area contributed by atoms with Crippen LogP contribution in [-0.2, 0) is 20.0 Å². The number of hydrogen-bond acceptors (Lipinski definition) is 4. The molecule has 2 aromatic carbocycles. The number of aryl methyl sites for hydroxylation is 1. The van der Waals surface area contributed by atoms with E-state index in [1.165, 1.54) is 18.2 Å². The quantitative estimate of drug-likeness (QED) is 0.640. The van der Waals surface area contributed by atoms with Gasteiger partial charge in [-0.2, -0.15) is 5.10 Å². The van der Waals surface area contributed by atoms with Crippen molar-refractivity contribution in [1.29, 1.82) is 0 Å². The molecular weight excluding hydrogens is 376 g/mol. The van der Waals surface area contributed by atoms with Gasteiger partial charge in [0.15, 0.2) is 11.5 Å². The molecule has 0 saturated carbocycles. The lowest BCUT2D eigenvalue weighted by molar-refractivity contribution is 0.297. The standard InChI is InChI=1S/C22H23F2N3O2/c1-27-14-16(13-25-9-8-17-18(23)4-2-5-19(17)24)22(26-27)15-6-7-20-21(12-15)29-11-3-10-28-20/h2,4-7,12,14,25H,3,8-11,13H2,1H3. The first-order valence-electron chi connectivity index (χ1n) is 9.68. The molecule has 0 atom stereocenters. The van der Waals surface area contributed by atoms with Crippen LogP contribution in [0.2, 0.25) is 0 Å². The molecule has 152 valence electrons. The first-order chi connectivity index (χ1) is 14.1. The largest absolute Gasteiger partial charge is 0.490 e. The summed E-state index contributed by atoms with van der Waals surface area (Å²) in [5, 5.41) is 7.84. The van der Waals surface area contributed by atoms with Crippen LogP contribution >= 0.6 is 0 Å². The van der Waals surface area contributed by atoms with Gasteiger partial charge in [-0.15, -0.1) is 0 Å². The Hall–Kier alpha value is -2.93. The van der Waals surface area contributed by atoms with E-state index in [1.54, 1.807) is 4.68 Å². The SMILES string of the molecule is Cn1cc(CNCCc2c(F)cccc2F)c(-c2ccc3c(c2)OCCCO3)n1. The predicted octanol–water partition coefficient (Wildman–Crippen LogP) is 3.86. The van der Waals surface area contributed by atoms with E-state index in [4.69, 9.17) is 9.47 Å². The monoisotopic (exact) mass is 399 g/mol. The Morgan fingerprint density at radius 3 is 2.62 bits per heavy atom. The van der Waals surface area contributed by atoms with Crippen molar-refractivity contribution in [3.8, 4) is 22.8 Å². The maximum atomic E-state index is 13.8. The molecule has 0 bridgehead atoms. The number of fused-ring (bicyclic) bond motifs is 1. The number of benzene rings is 2. The average Bonchev–Trinajstić information content (AvgIpc) is 2.92. The first kappa shape index (κ1) is 19.4. The van der Waals surface area contributed by atoms with Gasteiger partial charge in [0.05, 0.1) is 18.9 Å². The Labute approximate surface area is 168 Å². The van der Waals surface area contributed by atoms with E-state index in [0.29, 0.717) is 26.3 Å². The molecule has 0 radical (unpaired) electrons. The van der Waals surface area contributed by atoms with Gasteiger partial charge in [0, 0.05) is 42.9 Å². The highest BCUT2D eigenvalue weighted by molar-refractivity contribution is 5.66. The number of ether oxygens (including phenoxy) is 2. The van der Waals surface area contributed by atoms with Crippen molar-refractivity contribution in [2.75, 3.05) is 19.8 Å². The van der Waals surface area contributed by atoms with Gasteiger partial charge in [-0.05, 0) is 43.3 Å². The van der Waals surface area contributed by atoms with Gasteiger partial charge < -0.3 is 14.8 Å². The van der Waals surface area contributed by atoms with E-state index in [1.807, 2.05) is 31.4 Å². The zero-order chi connectivity index (χ0) is 20.2. The van der Waals surface area contributed by atoms with Crippen molar-refractivity contribution in [3.63, 3.8) is 0 Å². The fraction of sp³-hybridized carbons (Fsp3) is 0.318. The highest BCUT2D eigenvalue weighted by Crippen LogP contribution is 2.34. The summed E-state index contributed by atoms with van der Waals surface area (Å²) in [6.45, 7) is 2.26. The maximum Gasteiger partial charge on any atom is 0.161 e. The van der Waals surface area contributed by atoms with Gasteiger partial charge in [-0.1, -0.05) is 6.07 Å². The van der Waals surface area contributed by atoms with Gasteiger partial charge in [0.1, 0.15) is 11.6 Å². The average molecular weight is 399 g/mol. The molecule has 29 heavy (non-hydrogen) atoms. The van der Waals surface area contributed by atoms with Gasteiger partial charge in [0.2, 0.25) is 0 Å². The minimum Gasteiger partial charge on any atom is -0.490 e. The lowest BCUT2D eigenvalue weighted by Crippen LogP contribution is -2.18. The van der Waals surface area contributed by atoms with Crippen molar-refractivity contribution in [3.05, 3.63) is 65.4 Å². The molecule has 1 N–H and O–H groups in total. The van der Waals surface area contributed by atoms with Crippen LogP contribution in [0.15, 0.2) is 42.6 Å². The Balaban J connectivity index is 1.45. The number of halogens is 2. The van der Waals surface area contributed by atoms with Gasteiger partial charge in [-0.3, -0.25) is 4.68 Å². The molecule has 1 aromatic heterocycles. The predicted molar refractivity (Wildman–Crippen MR) is 106 cm³/mol. The minimum atomic E-state index is -0.513. The van der Waals surface area contributed by atoms with Gasteiger partial charge >= 0.3 is 0 Å². The molecule has 1 aliphatic rings. The Kier molecular flexibility index (Phi) is 5.76. The summed E-state index contributed by atoms with van der Waals surface area (Å²) in [4.78, 5) is 0. The van der Waals surface area contributed by atoms with Crippen molar-refractivity contribution >= 4 is 0 Å². The van der Waals surface area contributed by atoms with Crippen LogP contribution < -0.4 is 14.8 Å². The number of nitrogens with zero attached hydrogens (tertiary/aromatic N) is 2. The number of hydrogen-bond donors (Lipinski definition) is 1. The third kappa shape index (κ3) is 4.40. The van der Waals surface area contributed by atoms with Crippen LogP contribution in [0.1, 0.15) is 17.5 Å². The molecule has 0 fully saturated rings. The van der Waals surface area contributed by atoms with E-state index >= 15 is 0 Å². The van der Waals surface area contributed by atoms with Crippen molar-refractivity contribution in [2.24, 2.45) is 7.05 Å². The molecule has 0 unspecified atom stereocenters. The summed E-state index contributed by atoms with van der Waals surface area (Å²) >= 11 is 0. The fourth-order valence-corrected chi connectivity index (χ4v) is 3.43. The molecule has 3 aromatic rings. The number of aromatic nitrogens is 2. The molecule has 0 aliphatic carbocycles. The topological polar surface area (TPSA) is 48.3 Å². The Morgan fingerprint density at radius 2 is 1.83 bits per heavy atom. The van der Waals surface area contributed by atoms with Crippen molar-refractivity contribution in [2.45, 2.75) is 19.4 Å². The van der Waals surface area contributed by atoms with E-state index in [9.17, 15) is 8.78 Å². The van der Waals surface area contributed by atoms with Crippen LogP contribution in [0.5, 0.6) is 11.5 Å². The molecular formula is C22H23F2N3O2. The molecule has 7 heteroatoms. The summed E-state index contributed by atoms with van der Waals surface area (Å²) in [6, 6.07) is 9.75. The van der Waals surface area contributed by atoms with E-state index in [-0.39, 0.29) is 12.0 Å². The third-order valence-corrected chi connectivity index (χ3v) is 4.85. The molecule has 0 amide bonds. The number of nitrogens with one attached hydrogen (secondary N) is 1. The molecule has 5 nitrogen and oxygen atoms in total. The van der Waals surface area contributed by atoms with Crippen molar-refractivity contribution < 1.29 is 18.3 Å². The Bertz CT molecular complexity index is 983. The summed E-state index contributed by atoms with van der Waals surface area (Å²) in [5.41, 5.74) is 2.88. The van der Waals surface area contributed by atoms with Crippen molar-refractivity contribution in [1.82, 2.24) is 15.1 Å². The Morgan fingerprint density at radius 1 is 1.07 bits per heavy atom. The maximum absolute atomic E-state index is 13.8. The van der Waals surface area contributed by atoms with E-state index < -0.39 is 11.6 Å². The van der Waals surface area contributed by atoms with Crippen LogP contribution in [-0.4, -0.2) is 29.5 Å². The molecule has 2 heterocycles. The summed E-state index contributed by atoms with van der Waals surface area (Å²) < 4.78 is 40.7. The lowest BCUT2D eigenvalue weighted by atomic mass is 10.1. The van der Waals surface area contributed by atoms with Crippen LogP contribution in [0.4, 0.5) is 8.78 Å². The number of rotatable bonds is 6. The zero-order valence-electron chi connectivity index (χ0n) is 16.3. The molecule has 0 saturated heterocycles. The smallest absolute Gasteiger partial charge is 0.161 e. The second-order valence-corrected chi connectivity index (χ2v) is 7.02. The van der Waals surface area contributed by atoms with E-state index in [2.05, 4.69) is 10.4 Å². The summed E-state index contributed by atoms with van der Waals surface area (Å²) in [5.74, 6) is 0.440.